The molecule has 0 aliphatic carbocycles. The maximum atomic E-state index is 13.7. The van der Waals surface area contributed by atoms with Gasteiger partial charge in [0.25, 0.3) is 0 Å². The highest BCUT2D eigenvalue weighted by molar-refractivity contribution is 6.15. The maximum absolute atomic E-state index is 13.7. The fraction of sp³-hybridized carbons (Fsp3) is 0.0769. The van der Waals surface area contributed by atoms with E-state index in [2.05, 4.69) is 34.2 Å². The van der Waals surface area contributed by atoms with Gasteiger partial charge in [-0.15, -0.1) is 0 Å². The van der Waals surface area contributed by atoms with E-state index in [4.69, 9.17) is 0 Å². The van der Waals surface area contributed by atoms with Crippen LogP contribution in [0.3, 0.4) is 0 Å². The smallest absolute Gasteiger partial charge is 0.195 e. The summed E-state index contributed by atoms with van der Waals surface area (Å²) in [6, 6.07) is 22.3. The molecule has 0 saturated heterocycles. The van der Waals surface area contributed by atoms with Crippen molar-refractivity contribution in [2.75, 3.05) is 0 Å². The van der Waals surface area contributed by atoms with Crippen LogP contribution in [0.2, 0.25) is 0 Å². The molecule has 0 atom stereocenters. The monoisotopic (exact) mass is 391 g/mol. The van der Waals surface area contributed by atoms with Gasteiger partial charge in [-0.05, 0) is 36.2 Å². The van der Waals surface area contributed by atoms with E-state index >= 15 is 0 Å². The Morgan fingerprint density at radius 2 is 1.73 bits per heavy atom. The van der Waals surface area contributed by atoms with E-state index in [1.54, 1.807) is 12.5 Å². The number of H-pyrrole nitrogens is 1. The highest BCUT2D eigenvalue weighted by Crippen LogP contribution is 2.35. The van der Waals surface area contributed by atoms with Gasteiger partial charge in [0, 0.05) is 23.0 Å². The topological polar surface area (TPSA) is 50.7 Å². The van der Waals surface area contributed by atoms with Gasteiger partial charge < -0.3 is 9.55 Å². The number of rotatable bonds is 4. The van der Waals surface area contributed by atoms with Crippen molar-refractivity contribution >= 4 is 16.6 Å². The van der Waals surface area contributed by atoms with E-state index < -0.39 is 0 Å². The molecule has 2 aromatic heterocycles. The molecule has 3 aromatic carbocycles. The number of imidazole rings is 1. The Kier molecular flexibility index (Phi) is 4.32. The molecule has 0 aliphatic rings. The molecule has 0 bridgehead atoms. The van der Waals surface area contributed by atoms with Gasteiger partial charge in [-0.3, -0.25) is 4.79 Å². The Morgan fingerprint density at radius 3 is 2.53 bits per heavy atom. The fourth-order valence-corrected chi connectivity index (χ4v) is 4.12. The molecule has 1 N–H and O–H groups in total. The predicted octanol–water partition coefficient (Wildman–Crippen LogP) is 5.87. The molecule has 5 rings (SSSR count). The molecule has 4 nitrogen and oxygen atoms in total. The Morgan fingerprint density at radius 1 is 0.933 bits per heavy atom. The number of carbonyl (C=O) groups is 1. The molecule has 146 valence electrons. The van der Waals surface area contributed by atoms with Gasteiger partial charge in [-0.1, -0.05) is 66.2 Å². The second kappa shape index (κ2) is 7.16. The summed E-state index contributed by atoms with van der Waals surface area (Å²) in [6.07, 6.45) is 5.45. The third-order valence-electron chi connectivity index (χ3n) is 5.58. The summed E-state index contributed by atoms with van der Waals surface area (Å²) in [7, 11) is 0. The fourth-order valence-electron chi connectivity index (χ4n) is 4.12. The van der Waals surface area contributed by atoms with E-state index in [-0.39, 0.29) is 5.78 Å². The molecule has 2 heterocycles. The van der Waals surface area contributed by atoms with Gasteiger partial charge in [0.1, 0.15) is 5.82 Å². The Hall–Kier alpha value is -3.92. The van der Waals surface area contributed by atoms with Gasteiger partial charge in [-0.25, -0.2) is 4.98 Å². The number of hydrogen-bond donors (Lipinski definition) is 1. The summed E-state index contributed by atoms with van der Waals surface area (Å²) < 4.78 is 2.01. The lowest BCUT2D eigenvalue weighted by Gasteiger charge is -2.09. The zero-order valence-electron chi connectivity index (χ0n) is 16.9. The van der Waals surface area contributed by atoms with Crippen molar-refractivity contribution in [2.45, 2.75) is 13.8 Å². The maximum Gasteiger partial charge on any atom is 0.195 e. The summed E-state index contributed by atoms with van der Waals surface area (Å²) in [5.74, 6) is 0.856. The molecule has 0 fully saturated rings. The number of hydrogen-bond acceptors (Lipinski definition) is 2. The number of ketones is 1. The zero-order valence-corrected chi connectivity index (χ0v) is 16.9. The van der Waals surface area contributed by atoms with Crippen LogP contribution in [0.15, 0.2) is 85.5 Å². The number of fused-ring (bicyclic) bond motifs is 1. The van der Waals surface area contributed by atoms with Crippen molar-refractivity contribution in [3.05, 3.63) is 108 Å². The summed E-state index contributed by atoms with van der Waals surface area (Å²) >= 11 is 0. The number of benzene rings is 3. The van der Waals surface area contributed by atoms with E-state index in [1.807, 2.05) is 67.1 Å². The average molecular weight is 391 g/mol. The molecular weight excluding hydrogens is 370 g/mol. The molecule has 0 unspecified atom stereocenters. The number of aryl methyl sites for hydroxylation is 1. The SMILES string of the molecule is Cc1cccc(C(=O)c2c(-c3cccc4ccccc34)cn(-c3cnc[nH]3)c2C)c1. The van der Waals surface area contributed by atoms with E-state index in [0.717, 1.165) is 39.0 Å². The number of nitrogens with zero attached hydrogens (tertiary/aromatic N) is 2. The molecule has 30 heavy (non-hydrogen) atoms. The summed E-state index contributed by atoms with van der Waals surface area (Å²) in [5, 5.41) is 2.27. The van der Waals surface area contributed by atoms with Crippen LogP contribution < -0.4 is 0 Å². The Balaban J connectivity index is 1.80. The molecule has 0 amide bonds. The van der Waals surface area contributed by atoms with Crippen LogP contribution in [0, 0.1) is 13.8 Å². The van der Waals surface area contributed by atoms with Crippen LogP contribution in [-0.2, 0) is 0 Å². The van der Waals surface area contributed by atoms with Crippen molar-refractivity contribution in [2.24, 2.45) is 0 Å². The number of aromatic nitrogens is 3. The highest BCUT2D eigenvalue weighted by Gasteiger charge is 2.23. The molecule has 4 heteroatoms. The van der Waals surface area contributed by atoms with Crippen LogP contribution in [0.4, 0.5) is 0 Å². The third kappa shape index (κ3) is 2.94. The van der Waals surface area contributed by atoms with Crippen LogP contribution in [0.25, 0.3) is 27.7 Å². The summed E-state index contributed by atoms with van der Waals surface area (Å²) in [4.78, 5) is 21.0. The average Bonchev–Trinajstić information content (AvgIpc) is 3.41. The number of carbonyl (C=O) groups excluding carboxylic acids is 1. The second-order valence-corrected chi connectivity index (χ2v) is 7.54. The normalized spacial score (nSPS) is 11.1. The highest BCUT2D eigenvalue weighted by atomic mass is 16.1. The Labute approximate surface area is 174 Å². The van der Waals surface area contributed by atoms with Gasteiger partial charge in [0.15, 0.2) is 5.78 Å². The lowest BCUT2D eigenvalue weighted by atomic mass is 9.92. The zero-order chi connectivity index (χ0) is 20.7. The number of nitrogens with one attached hydrogen (secondary N) is 1. The lowest BCUT2D eigenvalue weighted by Crippen LogP contribution is -2.06. The largest absolute Gasteiger partial charge is 0.331 e. The molecule has 0 radical (unpaired) electrons. The standard InChI is InChI=1S/C26H21N3O/c1-17-7-5-10-20(13-17)26(30)25-18(2)29(24-14-27-16-28-24)15-23(25)22-12-6-9-19-8-3-4-11-21(19)22/h3-16H,1-2H3,(H,27,28). The van der Waals surface area contributed by atoms with Crippen LogP contribution >= 0.6 is 0 Å². The number of aromatic amines is 1. The van der Waals surface area contributed by atoms with E-state index in [9.17, 15) is 4.79 Å². The van der Waals surface area contributed by atoms with Gasteiger partial charge in [0.2, 0.25) is 0 Å². The van der Waals surface area contributed by atoms with Crippen LogP contribution in [0.1, 0.15) is 27.2 Å². The predicted molar refractivity (Wildman–Crippen MR) is 120 cm³/mol. The first kappa shape index (κ1) is 18.1. The molecule has 5 aromatic rings. The quantitative estimate of drug-likeness (QED) is 0.390. The van der Waals surface area contributed by atoms with Crippen molar-refractivity contribution in [1.82, 2.24) is 14.5 Å². The van der Waals surface area contributed by atoms with Crippen LogP contribution in [0.5, 0.6) is 0 Å². The molecule has 0 spiro atoms. The first-order chi connectivity index (χ1) is 14.6. The second-order valence-electron chi connectivity index (χ2n) is 7.54. The van der Waals surface area contributed by atoms with Crippen molar-refractivity contribution in [3.63, 3.8) is 0 Å². The van der Waals surface area contributed by atoms with Gasteiger partial charge >= 0.3 is 0 Å². The molecular formula is C26H21N3O. The summed E-state index contributed by atoms with van der Waals surface area (Å²) in [5.41, 5.74) is 5.33. The lowest BCUT2D eigenvalue weighted by molar-refractivity contribution is 0.103. The third-order valence-corrected chi connectivity index (χ3v) is 5.58. The van der Waals surface area contributed by atoms with E-state index in [0.29, 0.717) is 11.1 Å². The summed E-state index contributed by atoms with van der Waals surface area (Å²) in [6.45, 7) is 3.99. The van der Waals surface area contributed by atoms with Crippen molar-refractivity contribution in [1.29, 1.82) is 0 Å². The first-order valence-corrected chi connectivity index (χ1v) is 9.93. The minimum Gasteiger partial charge on any atom is -0.331 e. The van der Waals surface area contributed by atoms with Gasteiger partial charge in [-0.2, -0.15) is 0 Å². The molecule has 0 saturated carbocycles. The van der Waals surface area contributed by atoms with Crippen molar-refractivity contribution < 1.29 is 4.79 Å². The van der Waals surface area contributed by atoms with E-state index in [1.165, 1.54) is 0 Å². The molecule has 0 aliphatic heterocycles. The first-order valence-electron chi connectivity index (χ1n) is 9.93. The minimum absolute atomic E-state index is 0.0254. The minimum atomic E-state index is 0.0254. The van der Waals surface area contributed by atoms with Crippen LogP contribution in [-0.4, -0.2) is 20.3 Å². The Bertz CT molecular complexity index is 1370. The van der Waals surface area contributed by atoms with Gasteiger partial charge in [0.05, 0.1) is 18.1 Å². The van der Waals surface area contributed by atoms with Crippen molar-refractivity contribution in [3.8, 4) is 16.9 Å².